The fraction of sp³-hybridized carbons (Fsp3) is 0.381. The maximum atomic E-state index is 12.4. The molecule has 0 saturated heterocycles. The van der Waals surface area contributed by atoms with Gasteiger partial charge < -0.3 is 19.5 Å². The summed E-state index contributed by atoms with van der Waals surface area (Å²) >= 11 is 3.46. The van der Waals surface area contributed by atoms with Crippen molar-refractivity contribution in [2.45, 2.75) is 33.5 Å². The molecule has 1 N–H and O–H groups in total. The number of aryl methyl sites for hydroxylation is 1. The van der Waals surface area contributed by atoms with Gasteiger partial charge in [0.2, 0.25) is 0 Å². The van der Waals surface area contributed by atoms with E-state index in [4.69, 9.17) is 14.2 Å². The third kappa shape index (κ3) is 7.33. The van der Waals surface area contributed by atoms with Crippen LogP contribution in [-0.4, -0.2) is 31.8 Å². The number of hydrogen-bond donors (Lipinski definition) is 1. The van der Waals surface area contributed by atoms with Gasteiger partial charge in [-0.25, -0.2) is 0 Å². The fourth-order valence-corrected chi connectivity index (χ4v) is 2.97. The minimum Gasteiger partial charge on any atom is -0.480 e. The molecule has 0 radical (unpaired) electrons. The zero-order chi connectivity index (χ0) is 19.6. The number of carbonyl (C=O) groups excluding carboxylic acids is 1. The largest absolute Gasteiger partial charge is 0.480 e. The zero-order valence-electron chi connectivity index (χ0n) is 16.0. The SMILES string of the molecule is CCOCCOCc1cccc(NC(=O)C(C)Oc2ccc(C)cc2Br)c1. The highest BCUT2D eigenvalue weighted by molar-refractivity contribution is 9.10. The number of carbonyl (C=O) groups is 1. The molecule has 2 aromatic carbocycles. The first-order chi connectivity index (χ1) is 13.0. The molecule has 1 atom stereocenters. The zero-order valence-corrected chi connectivity index (χ0v) is 17.5. The minimum absolute atomic E-state index is 0.211. The van der Waals surface area contributed by atoms with Gasteiger partial charge in [0.05, 0.1) is 24.3 Å². The lowest BCUT2D eigenvalue weighted by atomic mass is 10.2. The maximum absolute atomic E-state index is 12.4. The lowest BCUT2D eigenvalue weighted by molar-refractivity contribution is -0.122. The molecule has 0 bridgehead atoms. The number of hydrogen-bond acceptors (Lipinski definition) is 4. The van der Waals surface area contributed by atoms with Crippen molar-refractivity contribution in [3.8, 4) is 5.75 Å². The standard InChI is InChI=1S/C21H26BrNO4/c1-4-25-10-11-26-14-17-6-5-7-18(13-17)23-21(24)16(3)27-20-9-8-15(2)12-19(20)22/h5-9,12-13,16H,4,10-11,14H2,1-3H3,(H,23,24). The van der Waals surface area contributed by atoms with Crippen molar-refractivity contribution in [1.82, 2.24) is 0 Å². The monoisotopic (exact) mass is 435 g/mol. The summed E-state index contributed by atoms with van der Waals surface area (Å²) in [5, 5.41) is 2.88. The highest BCUT2D eigenvalue weighted by Crippen LogP contribution is 2.26. The molecule has 0 spiro atoms. The molecule has 0 aliphatic rings. The van der Waals surface area contributed by atoms with Crippen molar-refractivity contribution >= 4 is 27.5 Å². The van der Waals surface area contributed by atoms with Crippen LogP contribution in [-0.2, 0) is 20.9 Å². The average Bonchev–Trinajstić information content (AvgIpc) is 2.64. The highest BCUT2D eigenvalue weighted by Gasteiger charge is 2.16. The molecule has 6 heteroatoms. The maximum Gasteiger partial charge on any atom is 0.265 e. The Kier molecular flexibility index (Phi) is 8.78. The van der Waals surface area contributed by atoms with Crippen LogP contribution in [0.1, 0.15) is 25.0 Å². The molecule has 2 aromatic rings. The summed E-state index contributed by atoms with van der Waals surface area (Å²) in [6.45, 7) is 7.95. The Bertz CT molecular complexity index is 751. The summed E-state index contributed by atoms with van der Waals surface area (Å²) in [7, 11) is 0. The van der Waals surface area contributed by atoms with Crippen LogP contribution in [0.25, 0.3) is 0 Å². The molecule has 0 saturated carbocycles. The van der Waals surface area contributed by atoms with E-state index in [1.54, 1.807) is 6.92 Å². The van der Waals surface area contributed by atoms with Gasteiger partial charge in [-0.05, 0) is 72.1 Å². The predicted octanol–water partition coefficient (Wildman–Crippen LogP) is 4.72. The van der Waals surface area contributed by atoms with E-state index in [1.165, 1.54) is 0 Å². The third-order valence-electron chi connectivity index (χ3n) is 3.80. The number of ether oxygens (including phenoxy) is 3. The second-order valence-electron chi connectivity index (χ2n) is 6.13. The molecule has 0 aliphatic carbocycles. The molecule has 2 rings (SSSR count). The normalized spacial score (nSPS) is 11.9. The molecule has 0 aliphatic heterocycles. The Morgan fingerprint density at radius 2 is 1.93 bits per heavy atom. The Morgan fingerprint density at radius 3 is 2.67 bits per heavy atom. The lowest BCUT2D eigenvalue weighted by Gasteiger charge is -2.16. The molecule has 0 heterocycles. The van der Waals surface area contributed by atoms with E-state index >= 15 is 0 Å². The van der Waals surface area contributed by atoms with Crippen LogP contribution in [0.5, 0.6) is 5.75 Å². The van der Waals surface area contributed by atoms with Crippen LogP contribution in [0.15, 0.2) is 46.9 Å². The van der Waals surface area contributed by atoms with Gasteiger partial charge >= 0.3 is 0 Å². The van der Waals surface area contributed by atoms with Crippen molar-refractivity contribution < 1.29 is 19.0 Å². The quantitative estimate of drug-likeness (QED) is 0.548. The molecule has 27 heavy (non-hydrogen) atoms. The Morgan fingerprint density at radius 1 is 1.15 bits per heavy atom. The summed E-state index contributed by atoms with van der Waals surface area (Å²) in [4.78, 5) is 12.4. The number of halogens is 1. The Hall–Kier alpha value is -1.89. The number of benzene rings is 2. The molecule has 5 nitrogen and oxygen atoms in total. The van der Waals surface area contributed by atoms with Gasteiger partial charge in [-0.3, -0.25) is 4.79 Å². The first kappa shape index (κ1) is 21.4. The molecule has 146 valence electrons. The van der Waals surface area contributed by atoms with Crippen LogP contribution in [0.3, 0.4) is 0 Å². The Balaban J connectivity index is 1.87. The third-order valence-corrected chi connectivity index (χ3v) is 4.42. The second-order valence-corrected chi connectivity index (χ2v) is 6.99. The summed E-state index contributed by atoms with van der Waals surface area (Å²) in [6, 6.07) is 13.3. The Labute approximate surface area is 169 Å². The number of rotatable bonds is 10. The summed E-state index contributed by atoms with van der Waals surface area (Å²) in [6.07, 6.45) is -0.630. The van der Waals surface area contributed by atoms with E-state index in [2.05, 4.69) is 21.2 Å². The molecule has 1 amide bonds. The molecular formula is C21H26BrNO4. The molecule has 0 fully saturated rings. The number of nitrogens with one attached hydrogen (secondary N) is 1. The van der Waals surface area contributed by atoms with E-state index in [-0.39, 0.29) is 5.91 Å². The topological polar surface area (TPSA) is 56.8 Å². The average molecular weight is 436 g/mol. The summed E-state index contributed by atoms with van der Waals surface area (Å²) in [5.74, 6) is 0.427. The van der Waals surface area contributed by atoms with Crippen LogP contribution < -0.4 is 10.1 Å². The van der Waals surface area contributed by atoms with Gasteiger partial charge in [0, 0.05) is 12.3 Å². The minimum atomic E-state index is -0.630. The lowest BCUT2D eigenvalue weighted by Crippen LogP contribution is -2.30. The van der Waals surface area contributed by atoms with Crippen LogP contribution in [0.4, 0.5) is 5.69 Å². The van der Waals surface area contributed by atoms with Crippen molar-refractivity contribution in [3.05, 3.63) is 58.1 Å². The van der Waals surface area contributed by atoms with E-state index < -0.39 is 6.10 Å². The second kappa shape index (κ2) is 11.1. The number of amides is 1. The van der Waals surface area contributed by atoms with Gasteiger partial charge in [0.25, 0.3) is 5.91 Å². The van der Waals surface area contributed by atoms with Crippen LogP contribution in [0.2, 0.25) is 0 Å². The van der Waals surface area contributed by atoms with Gasteiger partial charge in [-0.15, -0.1) is 0 Å². The van der Waals surface area contributed by atoms with E-state index in [1.807, 2.05) is 56.3 Å². The van der Waals surface area contributed by atoms with Crippen molar-refractivity contribution in [1.29, 1.82) is 0 Å². The van der Waals surface area contributed by atoms with Gasteiger partial charge in [-0.1, -0.05) is 18.2 Å². The van der Waals surface area contributed by atoms with Crippen LogP contribution in [0, 0.1) is 6.92 Å². The summed E-state index contributed by atoms with van der Waals surface area (Å²) in [5.41, 5.74) is 2.81. The first-order valence-electron chi connectivity index (χ1n) is 8.97. The highest BCUT2D eigenvalue weighted by atomic mass is 79.9. The van der Waals surface area contributed by atoms with Crippen LogP contribution >= 0.6 is 15.9 Å². The summed E-state index contributed by atoms with van der Waals surface area (Å²) < 4.78 is 17.4. The molecular weight excluding hydrogens is 410 g/mol. The predicted molar refractivity (Wildman–Crippen MR) is 110 cm³/mol. The van der Waals surface area contributed by atoms with E-state index in [0.29, 0.717) is 37.9 Å². The molecule has 0 aromatic heterocycles. The smallest absolute Gasteiger partial charge is 0.265 e. The van der Waals surface area contributed by atoms with Crippen molar-refractivity contribution in [2.75, 3.05) is 25.1 Å². The van der Waals surface area contributed by atoms with Gasteiger partial charge in [0.15, 0.2) is 6.10 Å². The first-order valence-corrected chi connectivity index (χ1v) is 9.77. The van der Waals surface area contributed by atoms with Crippen molar-refractivity contribution in [2.24, 2.45) is 0 Å². The van der Waals surface area contributed by atoms with Gasteiger partial charge in [-0.2, -0.15) is 0 Å². The fourth-order valence-electron chi connectivity index (χ4n) is 2.38. The van der Waals surface area contributed by atoms with E-state index in [9.17, 15) is 4.79 Å². The number of anilines is 1. The van der Waals surface area contributed by atoms with E-state index in [0.717, 1.165) is 15.6 Å². The molecule has 1 unspecified atom stereocenters. The van der Waals surface area contributed by atoms with Gasteiger partial charge in [0.1, 0.15) is 5.75 Å². The van der Waals surface area contributed by atoms with Crippen molar-refractivity contribution in [3.63, 3.8) is 0 Å².